The number of aromatic nitrogens is 1. The highest BCUT2D eigenvalue weighted by Crippen LogP contribution is 2.46. The fourth-order valence-electron chi connectivity index (χ4n) is 4.10. The molecule has 0 saturated heterocycles. The van der Waals surface area contributed by atoms with Crippen LogP contribution in [-0.2, 0) is 0 Å². The normalized spacial score (nSPS) is 26.8. The van der Waals surface area contributed by atoms with Crippen molar-refractivity contribution in [3.8, 4) is 0 Å². The van der Waals surface area contributed by atoms with Crippen LogP contribution in [0.2, 0.25) is 0 Å². The number of hydrogen-bond acceptors (Lipinski definition) is 2. The summed E-state index contributed by atoms with van der Waals surface area (Å²) in [7, 11) is 0. The molecule has 2 bridgehead atoms. The quantitative estimate of drug-likeness (QED) is 0.693. The average molecular weight is 290 g/mol. The first-order valence-electron chi connectivity index (χ1n) is 8.18. The van der Waals surface area contributed by atoms with Gasteiger partial charge in [-0.2, -0.15) is 0 Å². The lowest BCUT2D eigenvalue weighted by Gasteiger charge is -2.44. The minimum absolute atomic E-state index is 0.0247. The van der Waals surface area contributed by atoms with E-state index in [9.17, 15) is 0 Å². The summed E-state index contributed by atoms with van der Waals surface area (Å²) in [6, 6.07) is 10.5. The molecule has 1 fully saturated rings. The molecule has 2 aromatic rings. The molecule has 1 aliphatic carbocycles. The monoisotopic (exact) mass is 290 g/mol. The number of hydrogen-bond donors (Lipinski definition) is 0. The molecule has 1 aromatic heterocycles. The van der Waals surface area contributed by atoms with Crippen molar-refractivity contribution < 1.29 is 0 Å². The second-order valence-electron chi connectivity index (χ2n) is 7.21. The third-order valence-electron chi connectivity index (χ3n) is 5.49. The van der Waals surface area contributed by atoms with E-state index in [0.717, 1.165) is 11.9 Å². The molecular formula is C20H22N2. The Morgan fingerprint density at radius 2 is 2.00 bits per heavy atom. The Hall–Kier alpha value is -1.96. The molecule has 2 heterocycles. The smallest absolute Gasteiger partial charge is 0.0708 e. The van der Waals surface area contributed by atoms with Gasteiger partial charge in [0.25, 0.3) is 0 Å². The lowest BCUT2D eigenvalue weighted by Crippen LogP contribution is -2.42. The first-order chi connectivity index (χ1) is 10.6. The van der Waals surface area contributed by atoms with Crippen LogP contribution in [0.1, 0.15) is 38.7 Å². The molecule has 2 aliphatic rings. The third kappa shape index (κ3) is 2.01. The van der Waals surface area contributed by atoms with Gasteiger partial charge in [-0.3, -0.25) is 9.98 Å². The van der Waals surface area contributed by atoms with Crippen LogP contribution in [0.15, 0.2) is 53.7 Å². The van der Waals surface area contributed by atoms with Crippen molar-refractivity contribution in [2.45, 2.75) is 38.6 Å². The summed E-state index contributed by atoms with van der Waals surface area (Å²) in [4.78, 5) is 9.69. The molecule has 2 heteroatoms. The molecule has 0 N–H and O–H groups in total. The molecule has 4 rings (SSSR count). The Labute approximate surface area is 132 Å². The Morgan fingerprint density at radius 3 is 2.86 bits per heavy atom. The minimum atomic E-state index is 0.0247. The highest BCUT2D eigenvalue weighted by Gasteiger charge is 2.42. The van der Waals surface area contributed by atoms with Gasteiger partial charge >= 0.3 is 0 Å². The lowest BCUT2D eigenvalue weighted by atomic mass is 9.66. The number of benzene rings is 1. The van der Waals surface area contributed by atoms with Gasteiger partial charge in [0, 0.05) is 23.1 Å². The van der Waals surface area contributed by atoms with E-state index in [0.29, 0.717) is 11.8 Å². The van der Waals surface area contributed by atoms with Gasteiger partial charge in [0.15, 0.2) is 0 Å². The molecule has 2 nitrogen and oxygen atoms in total. The van der Waals surface area contributed by atoms with Crippen molar-refractivity contribution in [1.29, 1.82) is 0 Å². The zero-order chi connectivity index (χ0) is 15.3. The maximum Gasteiger partial charge on any atom is 0.0708 e. The van der Waals surface area contributed by atoms with Gasteiger partial charge < -0.3 is 0 Å². The van der Waals surface area contributed by atoms with Gasteiger partial charge in [-0.1, -0.05) is 30.4 Å². The van der Waals surface area contributed by atoms with Gasteiger partial charge in [0.05, 0.1) is 16.8 Å². The fourth-order valence-corrected chi connectivity index (χ4v) is 4.10. The van der Waals surface area contributed by atoms with Crippen LogP contribution in [0.5, 0.6) is 0 Å². The van der Waals surface area contributed by atoms with Gasteiger partial charge in [0.1, 0.15) is 0 Å². The Bertz CT molecular complexity index is 780. The van der Waals surface area contributed by atoms with E-state index in [-0.39, 0.29) is 5.54 Å². The van der Waals surface area contributed by atoms with Gasteiger partial charge in [-0.15, -0.1) is 0 Å². The molecule has 1 aromatic carbocycles. The van der Waals surface area contributed by atoms with E-state index in [4.69, 9.17) is 4.99 Å². The number of nitrogens with zero attached hydrogens (tertiary/aromatic N) is 2. The van der Waals surface area contributed by atoms with E-state index in [2.05, 4.69) is 49.7 Å². The van der Waals surface area contributed by atoms with Crippen molar-refractivity contribution in [1.82, 2.24) is 4.98 Å². The summed E-state index contributed by atoms with van der Waals surface area (Å²) in [6.45, 7) is 8.91. The molecule has 0 amide bonds. The number of allylic oxidation sites excluding steroid dienone is 1. The lowest BCUT2D eigenvalue weighted by molar-refractivity contribution is 0.232. The van der Waals surface area contributed by atoms with E-state index >= 15 is 0 Å². The zero-order valence-electron chi connectivity index (χ0n) is 13.3. The number of pyridine rings is 1. The summed E-state index contributed by atoms with van der Waals surface area (Å²) in [5.41, 5.74) is 4.89. The average Bonchev–Trinajstić information content (AvgIpc) is 2.52. The first kappa shape index (κ1) is 13.7. The summed E-state index contributed by atoms with van der Waals surface area (Å²) in [6.07, 6.45) is 5.48. The standard InChI is InChI=1S/C20H22N2/c1-13-8-9-14-12-17(13)19(22-20(14,2)3)16-10-11-21-18-7-5-4-6-15(16)18/h4-7,10-11,14,17H,1,8-9,12H2,2-3H3. The Balaban J connectivity index is 1.94. The van der Waals surface area contributed by atoms with E-state index in [1.165, 1.54) is 35.1 Å². The van der Waals surface area contributed by atoms with Crippen molar-refractivity contribution >= 4 is 16.6 Å². The van der Waals surface area contributed by atoms with Gasteiger partial charge in [-0.05, 0) is 51.2 Å². The second-order valence-corrected chi connectivity index (χ2v) is 7.21. The van der Waals surface area contributed by atoms with Crippen LogP contribution in [0.25, 0.3) is 10.9 Å². The number of fused-ring (bicyclic) bond motifs is 3. The summed E-state index contributed by atoms with van der Waals surface area (Å²) < 4.78 is 0. The molecule has 0 spiro atoms. The molecule has 22 heavy (non-hydrogen) atoms. The first-order valence-corrected chi connectivity index (χ1v) is 8.18. The largest absolute Gasteiger partial charge is 0.282 e. The number of aliphatic imine (C=N–C) groups is 1. The Kier molecular flexibility index (Phi) is 2.97. The van der Waals surface area contributed by atoms with Gasteiger partial charge in [-0.25, -0.2) is 0 Å². The molecule has 112 valence electrons. The molecule has 1 saturated carbocycles. The Morgan fingerprint density at radius 1 is 1.18 bits per heavy atom. The fraction of sp³-hybridized carbons (Fsp3) is 0.400. The topological polar surface area (TPSA) is 25.2 Å². The van der Waals surface area contributed by atoms with Crippen molar-refractivity contribution in [3.63, 3.8) is 0 Å². The van der Waals surface area contributed by atoms with E-state index in [1.807, 2.05) is 12.3 Å². The molecule has 2 unspecified atom stereocenters. The molecular weight excluding hydrogens is 268 g/mol. The molecule has 2 atom stereocenters. The SMILES string of the molecule is C=C1CCC2CC1C(c1ccnc3ccccc13)=NC2(C)C. The van der Waals surface area contributed by atoms with Gasteiger partial charge in [0.2, 0.25) is 0 Å². The third-order valence-corrected chi connectivity index (χ3v) is 5.49. The van der Waals surface area contributed by atoms with Crippen LogP contribution in [0, 0.1) is 11.8 Å². The predicted octanol–water partition coefficient (Wildman–Crippen LogP) is 4.79. The maximum absolute atomic E-state index is 5.20. The van der Waals surface area contributed by atoms with E-state index < -0.39 is 0 Å². The summed E-state index contributed by atoms with van der Waals surface area (Å²) in [5, 5.41) is 1.20. The highest BCUT2D eigenvalue weighted by atomic mass is 14.9. The van der Waals surface area contributed by atoms with Crippen LogP contribution in [-0.4, -0.2) is 16.2 Å². The number of rotatable bonds is 1. The van der Waals surface area contributed by atoms with Crippen molar-refractivity contribution in [2.24, 2.45) is 16.8 Å². The number of para-hydroxylation sites is 1. The zero-order valence-corrected chi connectivity index (χ0v) is 13.3. The minimum Gasteiger partial charge on any atom is -0.282 e. The van der Waals surface area contributed by atoms with Crippen LogP contribution < -0.4 is 0 Å². The molecule has 1 aliphatic heterocycles. The summed E-state index contributed by atoms with van der Waals surface area (Å²) >= 11 is 0. The van der Waals surface area contributed by atoms with Crippen molar-refractivity contribution in [3.05, 3.63) is 54.2 Å². The van der Waals surface area contributed by atoms with Crippen LogP contribution in [0.3, 0.4) is 0 Å². The van der Waals surface area contributed by atoms with Crippen LogP contribution >= 0.6 is 0 Å². The van der Waals surface area contributed by atoms with Crippen molar-refractivity contribution in [2.75, 3.05) is 0 Å². The summed E-state index contributed by atoms with van der Waals surface area (Å²) in [5.74, 6) is 1.09. The van der Waals surface area contributed by atoms with E-state index in [1.54, 1.807) is 0 Å². The second kappa shape index (κ2) is 4.77. The highest BCUT2D eigenvalue weighted by molar-refractivity contribution is 6.12. The van der Waals surface area contributed by atoms with Crippen LogP contribution in [0.4, 0.5) is 0 Å². The predicted molar refractivity (Wildman–Crippen MR) is 92.3 cm³/mol. The molecule has 0 radical (unpaired) electrons. The maximum atomic E-state index is 5.20.